The van der Waals surface area contributed by atoms with Crippen molar-refractivity contribution >= 4 is 22.4 Å². The molecule has 0 bridgehead atoms. The summed E-state index contributed by atoms with van der Waals surface area (Å²) in [6, 6.07) is 6.05. The SMILES string of the molecule is Cc1noc(C(C)C)c1C(=O)Nc1nc(-c2ccc(F)cc2)cs1. The van der Waals surface area contributed by atoms with Crippen molar-refractivity contribution in [3.8, 4) is 11.3 Å². The highest BCUT2D eigenvalue weighted by Crippen LogP contribution is 2.27. The van der Waals surface area contributed by atoms with Gasteiger partial charge in [-0.1, -0.05) is 19.0 Å². The van der Waals surface area contributed by atoms with Crippen LogP contribution in [0.5, 0.6) is 0 Å². The highest BCUT2D eigenvalue weighted by molar-refractivity contribution is 7.14. The zero-order valence-corrected chi connectivity index (χ0v) is 14.3. The van der Waals surface area contributed by atoms with E-state index in [-0.39, 0.29) is 17.6 Å². The quantitative estimate of drug-likeness (QED) is 0.749. The monoisotopic (exact) mass is 345 g/mol. The molecule has 2 heterocycles. The van der Waals surface area contributed by atoms with Gasteiger partial charge in [-0.2, -0.15) is 0 Å². The maximum atomic E-state index is 13.0. The largest absolute Gasteiger partial charge is 0.360 e. The maximum absolute atomic E-state index is 13.0. The smallest absolute Gasteiger partial charge is 0.262 e. The molecular formula is C17H16FN3O2S. The number of hydrogen-bond donors (Lipinski definition) is 1. The van der Waals surface area contributed by atoms with E-state index >= 15 is 0 Å². The van der Waals surface area contributed by atoms with Crippen molar-refractivity contribution in [2.24, 2.45) is 0 Å². The fraction of sp³-hybridized carbons (Fsp3) is 0.235. The summed E-state index contributed by atoms with van der Waals surface area (Å²) in [4.78, 5) is 16.9. The molecule has 0 aliphatic carbocycles. The number of thiazole rings is 1. The minimum absolute atomic E-state index is 0.0537. The number of carbonyl (C=O) groups excluding carboxylic acids is 1. The van der Waals surface area contributed by atoms with E-state index in [1.54, 1.807) is 19.1 Å². The molecular weight excluding hydrogens is 329 g/mol. The highest BCUT2D eigenvalue weighted by atomic mass is 32.1. The summed E-state index contributed by atoms with van der Waals surface area (Å²) in [5.41, 5.74) is 2.47. The number of halogens is 1. The molecule has 0 atom stereocenters. The average molecular weight is 345 g/mol. The summed E-state index contributed by atoms with van der Waals surface area (Å²) in [5.74, 6) is 0.0162. The van der Waals surface area contributed by atoms with Gasteiger partial charge in [0.15, 0.2) is 10.9 Å². The van der Waals surface area contributed by atoms with Gasteiger partial charge in [0.2, 0.25) is 0 Å². The Morgan fingerprint density at radius 2 is 2.00 bits per heavy atom. The van der Waals surface area contributed by atoms with Crippen LogP contribution in [-0.4, -0.2) is 16.0 Å². The molecule has 1 amide bonds. The first-order valence-corrected chi connectivity index (χ1v) is 8.32. The molecule has 1 aromatic carbocycles. The zero-order valence-electron chi connectivity index (χ0n) is 13.5. The fourth-order valence-electron chi connectivity index (χ4n) is 2.30. The number of carbonyl (C=O) groups is 1. The summed E-state index contributed by atoms with van der Waals surface area (Å²) < 4.78 is 18.2. The lowest BCUT2D eigenvalue weighted by Crippen LogP contribution is -2.14. The zero-order chi connectivity index (χ0) is 17.3. The van der Waals surface area contributed by atoms with Crippen molar-refractivity contribution in [1.29, 1.82) is 0 Å². The van der Waals surface area contributed by atoms with Crippen LogP contribution >= 0.6 is 11.3 Å². The highest BCUT2D eigenvalue weighted by Gasteiger charge is 2.23. The fourth-order valence-corrected chi connectivity index (χ4v) is 3.02. The first-order chi connectivity index (χ1) is 11.5. The molecule has 7 heteroatoms. The molecule has 0 fully saturated rings. The van der Waals surface area contributed by atoms with Crippen LogP contribution in [0.4, 0.5) is 9.52 Å². The summed E-state index contributed by atoms with van der Waals surface area (Å²) in [5, 5.41) is 8.93. The van der Waals surface area contributed by atoms with Gasteiger partial charge in [-0.3, -0.25) is 10.1 Å². The lowest BCUT2D eigenvalue weighted by atomic mass is 10.0. The van der Waals surface area contributed by atoms with E-state index < -0.39 is 0 Å². The average Bonchev–Trinajstić information content (AvgIpc) is 3.14. The van der Waals surface area contributed by atoms with Crippen LogP contribution in [0.3, 0.4) is 0 Å². The normalized spacial score (nSPS) is 11.0. The first-order valence-electron chi connectivity index (χ1n) is 7.44. The minimum Gasteiger partial charge on any atom is -0.360 e. The number of anilines is 1. The summed E-state index contributed by atoms with van der Waals surface area (Å²) in [6.07, 6.45) is 0. The second-order valence-electron chi connectivity index (χ2n) is 5.66. The molecule has 0 radical (unpaired) electrons. The van der Waals surface area contributed by atoms with Gasteiger partial charge in [0, 0.05) is 16.9 Å². The second kappa shape index (κ2) is 6.52. The third-order valence-electron chi connectivity index (χ3n) is 3.51. The molecule has 24 heavy (non-hydrogen) atoms. The number of nitrogens with zero attached hydrogens (tertiary/aromatic N) is 2. The van der Waals surface area contributed by atoms with E-state index in [4.69, 9.17) is 4.52 Å². The van der Waals surface area contributed by atoms with Gasteiger partial charge < -0.3 is 4.52 Å². The lowest BCUT2D eigenvalue weighted by molar-refractivity contribution is 0.102. The molecule has 0 aliphatic heterocycles. The van der Waals surface area contributed by atoms with Crippen LogP contribution in [0.2, 0.25) is 0 Å². The van der Waals surface area contributed by atoms with E-state index in [1.165, 1.54) is 23.5 Å². The number of rotatable bonds is 4. The Balaban J connectivity index is 1.81. The molecule has 3 aromatic rings. The third-order valence-corrected chi connectivity index (χ3v) is 4.26. The number of aromatic nitrogens is 2. The van der Waals surface area contributed by atoms with Gasteiger partial charge in [-0.05, 0) is 31.2 Å². The van der Waals surface area contributed by atoms with Gasteiger partial charge in [-0.15, -0.1) is 11.3 Å². The minimum atomic E-state index is -0.299. The van der Waals surface area contributed by atoms with Crippen molar-refractivity contribution in [2.75, 3.05) is 5.32 Å². The number of aryl methyl sites for hydroxylation is 1. The Labute approximate surface area is 142 Å². The van der Waals surface area contributed by atoms with Crippen molar-refractivity contribution in [3.05, 3.63) is 52.5 Å². The van der Waals surface area contributed by atoms with Crippen LogP contribution < -0.4 is 5.32 Å². The van der Waals surface area contributed by atoms with Crippen LogP contribution in [0.15, 0.2) is 34.2 Å². The molecule has 3 rings (SSSR count). The molecule has 0 saturated carbocycles. The molecule has 1 N–H and O–H groups in total. The molecule has 5 nitrogen and oxygen atoms in total. The van der Waals surface area contributed by atoms with Crippen LogP contribution in [0.1, 0.15) is 41.6 Å². The van der Waals surface area contributed by atoms with Gasteiger partial charge in [0.25, 0.3) is 5.91 Å². The summed E-state index contributed by atoms with van der Waals surface area (Å²) in [7, 11) is 0. The van der Waals surface area contributed by atoms with Crippen LogP contribution in [0.25, 0.3) is 11.3 Å². The Kier molecular flexibility index (Phi) is 4.44. The standard InChI is InChI=1S/C17H16FN3O2S/c1-9(2)15-14(10(3)21-23-15)16(22)20-17-19-13(8-24-17)11-4-6-12(18)7-5-11/h4-9H,1-3H3,(H,19,20,22). The molecule has 2 aromatic heterocycles. The molecule has 0 unspecified atom stereocenters. The predicted molar refractivity (Wildman–Crippen MR) is 90.8 cm³/mol. The van der Waals surface area contributed by atoms with Crippen LogP contribution in [0, 0.1) is 12.7 Å². The maximum Gasteiger partial charge on any atom is 0.262 e. The Morgan fingerprint density at radius 1 is 1.29 bits per heavy atom. The number of nitrogens with one attached hydrogen (secondary N) is 1. The van der Waals surface area contributed by atoms with Gasteiger partial charge >= 0.3 is 0 Å². The van der Waals surface area contributed by atoms with E-state index in [2.05, 4.69) is 15.5 Å². The molecule has 0 spiro atoms. The van der Waals surface area contributed by atoms with E-state index in [1.807, 2.05) is 19.2 Å². The Hall–Kier alpha value is -2.54. The van der Waals surface area contributed by atoms with Crippen molar-refractivity contribution in [2.45, 2.75) is 26.7 Å². The summed E-state index contributed by atoms with van der Waals surface area (Å²) in [6.45, 7) is 5.61. The van der Waals surface area contributed by atoms with Gasteiger partial charge in [-0.25, -0.2) is 9.37 Å². The van der Waals surface area contributed by atoms with E-state index in [9.17, 15) is 9.18 Å². The number of benzene rings is 1. The summed E-state index contributed by atoms with van der Waals surface area (Å²) >= 11 is 1.31. The van der Waals surface area contributed by atoms with E-state index in [0.29, 0.717) is 27.8 Å². The second-order valence-corrected chi connectivity index (χ2v) is 6.52. The van der Waals surface area contributed by atoms with Crippen molar-refractivity contribution < 1.29 is 13.7 Å². The Bertz CT molecular complexity index is 868. The van der Waals surface area contributed by atoms with E-state index in [0.717, 1.165) is 5.56 Å². The first kappa shape index (κ1) is 16.3. The topological polar surface area (TPSA) is 68.0 Å². The lowest BCUT2D eigenvalue weighted by Gasteiger charge is -2.04. The molecule has 124 valence electrons. The number of hydrogen-bond acceptors (Lipinski definition) is 5. The molecule has 0 aliphatic rings. The van der Waals surface area contributed by atoms with Gasteiger partial charge in [0.1, 0.15) is 11.4 Å². The van der Waals surface area contributed by atoms with Crippen molar-refractivity contribution in [1.82, 2.24) is 10.1 Å². The van der Waals surface area contributed by atoms with Gasteiger partial charge in [0.05, 0.1) is 11.4 Å². The van der Waals surface area contributed by atoms with Crippen LogP contribution in [-0.2, 0) is 0 Å². The molecule has 0 saturated heterocycles. The Morgan fingerprint density at radius 3 is 2.67 bits per heavy atom. The third kappa shape index (κ3) is 3.21. The predicted octanol–water partition coefficient (Wildman–Crippen LogP) is 4.62. The number of amides is 1. The van der Waals surface area contributed by atoms with Crippen molar-refractivity contribution in [3.63, 3.8) is 0 Å².